The van der Waals surface area contributed by atoms with Gasteiger partial charge in [0.1, 0.15) is 6.54 Å². The summed E-state index contributed by atoms with van der Waals surface area (Å²) in [6.07, 6.45) is -0.0634. The zero-order valence-corrected chi connectivity index (χ0v) is 11.5. The van der Waals surface area contributed by atoms with Crippen molar-refractivity contribution in [3.8, 4) is 0 Å². The van der Waals surface area contributed by atoms with Crippen LogP contribution in [-0.4, -0.2) is 43.7 Å². The Hall–Kier alpha value is -2.77. The van der Waals surface area contributed by atoms with Crippen molar-refractivity contribution < 1.29 is 14.7 Å². The molecule has 0 atom stereocenters. The van der Waals surface area contributed by atoms with Gasteiger partial charge in [0.2, 0.25) is 5.91 Å². The number of aromatic nitrogens is 4. The molecule has 2 aromatic rings. The number of nitrogens with zero attached hydrogens (tertiary/aromatic N) is 4. The van der Waals surface area contributed by atoms with Crippen LogP contribution in [0.15, 0.2) is 24.3 Å². The standard InChI is InChI=1S/C13H15N5O3/c1-9-2-4-10(5-3-9)8-18-11(15-16-17-18)6-12(19)14-7-13(20)21/h2-5H,6-8H2,1H3,(H,14,19)(H,20,21). The molecule has 0 saturated heterocycles. The van der Waals surface area contributed by atoms with Gasteiger partial charge in [-0.25, -0.2) is 4.68 Å². The van der Waals surface area contributed by atoms with Gasteiger partial charge in [0.05, 0.1) is 13.0 Å². The Morgan fingerprint density at radius 2 is 2.00 bits per heavy atom. The Labute approximate surface area is 120 Å². The van der Waals surface area contributed by atoms with E-state index >= 15 is 0 Å². The molecule has 1 heterocycles. The minimum Gasteiger partial charge on any atom is -0.480 e. The van der Waals surface area contributed by atoms with Crippen LogP contribution in [0, 0.1) is 6.92 Å². The van der Waals surface area contributed by atoms with Gasteiger partial charge in [0.15, 0.2) is 5.82 Å². The van der Waals surface area contributed by atoms with E-state index in [1.54, 1.807) is 0 Å². The summed E-state index contributed by atoms with van der Waals surface area (Å²) in [7, 11) is 0. The Morgan fingerprint density at radius 3 is 2.67 bits per heavy atom. The van der Waals surface area contributed by atoms with Crippen LogP contribution in [-0.2, 0) is 22.6 Å². The smallest absolute Gasteiger partial charge is 0.322 e. The summed E-state index contributed by atoms with van der Waals surface area (Å²) in [4.78, 5) is 22.0. The third kappa shape index (κ3) is 4.37. The summed E-state index contributed by atoms with van der Waals surface area (Å²) in [6.45, 7) is 2.03. The van der Waals surface area contributed by atoms with Crippen molar-refractivity contribution in [2.75, 3.05) is 6.54 Å². The maximum absolute atomic E-state index is 11.6. The van der Waals surface area contributed by atoms with Crippen LogP contribution in [0.25, 0.3) is 0 Å². The second-order valence-electron chi connectivity index (χ2n) is 4.59. The number of rotatable bonds is 6. The van der Waals surface area contributed by atoms with Crippen molar-refractivity contribution in [1.29, 1.82) is 0 Å². The van der Waals surface area contributed by atoms with Crippen LogP contribution in [0.3, 0.4) is 0 Å². The number of carbonyl (C=O) groups excluding carboxylic acids is 1. The second-order valence-corrected chi connectivity index (χ2v) is 4.59. The van der Waals surface area contributed by atoms with Crippen LogP contribution in [0.2, 0.25) is 0 Å². The van der Waals surface area contributed by atoms with Crippen LogP contribution in [0.4, 0.5) is 0 Å². The van der Waals surface area contributed by atoms with Gasteiger partial charge in [0, 0.05) is 0 Å². The van der Waals surface area contributed by atoms with E-state index in [1.807, 2.05) is 31.2 Å². The van der Waals surface area contributed by atoms with E-state index in [9.17, 15) is 9.59 Å². The van der Waals surface area contributed by atoms with Crippen LogP contribution >= 0.6 is 0 Å². The highest BCUT2D eigenvalue weighted by molar-refractivity contribution is 5.82. The first kappa shape index (κ1) is 14.6. The zero-order valence-electron chi connectivity index (χ0n) is 11.5. The fraction of sp³-hybridized carbons (Fsp3) is 0.308. The molecule has 0 aliphatic carbocycles. The van der Waals surface area contributed by atoms with Gasteiger partial charge in [-0.05, 0) is 22.9 Å². The van der Waals surface area contributed by atoms with E-state index in [4.69, 9.17) is 5.11 Å². The van der Waals surface area contributed by atoms with E-state index in [2.05, 4.69) is 20.8 Å². The quantitative estimate of drug-likeness (QED) is 0.760. The molecule has 0 spiro atoms. The van der Waals surface area contributed by atoms with Crippen molar-refractivity contribution in [3.05, 3.63) is 41.2 Å². The maximum Gasteiger partial charge on any atom is 0.322 e. The number of tetrazole rings is 1. The Bertz CT molecular complexity index is 636. The van der Waals surface area contributed by atoms with Gasteiger partial charge in [-0.2, -0.15) is 0 Å². The molecule has 1 aromatic heterocycles. The number of carboxylic acid groups (broad SMARTS) is 1. The van der Waals surface area contributed by atoms with Crippen molar-refractivity contribution >= 4 is 11.9 Å². The van der Waals surface area contributed by atoms with Crippen molar-refractivity contribution in [2.45, 2.75) is 19.9 Å². The molecule has 8 heteroatoms. The fourth-order valence-corrected chi connectivity index (χ4v) is 1.72. The highest BCUT2D eigenvalue weighted by Gasteiger charge is 2.12. The molecule has 8 nitrogen and oxygen atoms in total. The Kier molecular flexibility index (Phi) is 4.60. The molecule has 0 unspecified atom stereocenters. The van der Waals surface area contributed by atoms with E-state index in [0.29, 0.717) is 12.4 Å². The highest BCUT2D eigenvalue weighted by Crippen LogP contribution is 2.06. The number of amides is 1. The molecule has 0 aliphatic heterocycles. The summed E-state index contributed by atoms with van der Waals surface area (Å²) in [6, 6.07) is 7.90. The largest absolute Gasteiger partial charge is 0.480 e. The molecule has 21 heavy (non-hydrogen) atoms. The summed E-state index contributed by atoms with van der Waals surface area (Å²) < 4.78 is 1.52. The summed E-state index contributed by atoms with van der Waals surface area (Å²) in [5.74, 6) is -1.14. The van der Waals surface area contributed by atoms with E-state index < -0.39 is 18.4 Å². The average molecular weight is 289 g/mol. The molecule has 0 aliphatic rings. The van der Waals surface area contributed by atoms with Crippen LogP contribution < -0.4 is 5.32 Å². The maximum atomic E-state index is 11.6. The minimum absolute atomic E-state index is 0.0634. The van der Waals surface area contributed by atoms with E-state index in [1.165, 1.54) is 4.68 Å². The predicted molar refractivity (Wildman–Crippen MR) is 72.4 cm³/mol. The molecule has 0 bridgehead atoms. The number of nitrogens with one attached hydrogen (secondary N) is 1. The lowest BCUT2D eigenvalue weighted by Gasteiger charge is -2.05. The van der Waals surface area contributed by atoms with Crippen LogP contribution in [0.5, 0.6) is 0 Å². The van der Waals surface area contributed by atoms with Crippen molar-refractivity contribution in [1.82, 2.24) is 25.5 Å². The van der Waals surface area contributed by atoms with Gasteiger partial charge in [-0.3, -0.25) is 9.59 Å². The molecular weight excluding hydrogens is 274 g/mol. The highest BCUT2D eigenvalue weighted by atomic mass is 16.4. The molecule has 2 rings (SSSR count). The number of carbonyl (C=O) groups is 2. The topological polar surface area (TPSA) is 110 Å². The van der Waals surface area contributed by atoms with Gasteiger partial charge < -0.3 is 10.4 Å². The number of hydrogen-bond donors (Lipinski definition) is 2. The second kappa shape index (κ2) is 6.60. The Morgan fingerprint density at radius 1 is 1.29 bits per heavy atom. The number of benzene rings is 1. The Balaban J connectivity index is 1.99. The number of hydrogen-bond acceptors (Lipinski definition) is 5. The van der Waals surface area contributed by atoms with E-state index in [0.717, 1.165) is 11.1 Å². The number of carboxylic acids is 1. The lowest BCUT2D eigenvalue weighted by atomic mass is 10.1. The number of aryl methyl sites for hydroxylation is 1. The average Bonchev–Trinajstić information content (AvgIpc) is 2.86. The van der Waals surface area contributed by atoms with Crippen molar-refractivity contribution in [3.63, 3.8) is 0 Å². The first-order valence-corrected chi connectivity index (χ1v) is 6.33. The first-order chi connectivity index (χ1) is 10.0. The lowest BCUT2D eigenvalue weighted by molar-refractivity contribution is -0.137. The summed E-state index contributed by atoms with van der Waals surface area (Å²) >= 11 is 0. The van der Waals surface area contributed by atoms with Gasteiger partial charge in [-0.1, -0.05) is 29.8 Å². The SMILES string of the molecule is Cc1ccc(Cn2nnnc2CC(=O)NCC(=O)O)cc1. The molecule has 0 saturated carbocycles. The van der Waals surface area contributed by atoms with Gasteiger partial charge in [-0.15, -0.1) is 5.10 Å². The molecular formula is C13H15N5O3. The fourth-order valence-electron chi connectivity index (χ4n) is 1.72. The van der Waals surface area contributed by atoms with Gasteiger partial charge in [0.25, 0.3) is 0 Å². The number of aliphatic carboxylic acids is 1. The first-order valence-electron chi connectivity index (χ1n) is 6.33. The summed E-state index contributed by atoms with van der Waals surface area (Å²) in [5.41, 5.74) is 2.17. The van der Waals surface area contributed by atoms with Gasteiger partial charge >= 0.3 is 5.97 Å². The third-order valence-electron chi connectivity index (χ3n) is 2.81. The predicted octanol–water partition coefficient (Wildman–Crippen LogP) is -0.227. The molecule has 1 aromatic carbocycles. The molecule has 0 fully saturated rings. The molecule has 2 N–H and O–H groups in total. The monoisotopic (exact) mass is 289 g/mol. The minimum atomic E-state index is -1.09. The van der Waals surface area contributed by atoms with Crippen molar-refractivity contribution in [2.24, 2.45) is 0 Å². The summed E-state index contributed by atoms with van der Waals surface area (Å²) in [5, 5.41) is 22.0. The lowest BCUT2D eigenvalue weighted by Crippen LogP contribution is -2.31. The zero-order chi connectivity index (χ0) is 15.2. The molecule has 0 radical (unpaired) electrons. The third-order valence-corrected chi connectivity index (χ3v) is 2.81. The normalized spacial score (nSPS) is 10.3. The van der Waals surface area contributed by atoms with E-state index in [-0.39, 0.29) is 6.42 Å². The van der Waals surface area contributed by atoms with Crippen LogP contribution in [0.1, 0.15) is 17.0 Å². The molecule has 110 valence electrons. The molecule has 1 amide bonds.